The Labute approximate surface area is 83.5 Å². The maximum absolute atomic E-state index is 11.4. The average molecular weight is 197 g/mol. The number of rotatable bonds is 2. The zero-order valence-electron chi connectivity index (χ0n) is 8.84. The zero-order chi connectivity index (χ0) is 11.4. The van der Waals surface area contributed by atoms with E-state index in [0.29, 0.717) is 0 Å². The van der Waals surface area contributed by atoms with Gasteiger partial charge in [-0.3, -0.25) is 9.59 Å². The van der Waals surface area contributed by atoms with Gasteiger partial charge in [-0.05, 0) is 20.8 Å². The van der Waals surface area contributed by atoms with Crippen LogP contribution in [0.3, 0.4) is 0 Å². The Morgan fingerprint density at radius 1 is 1.29 bits per heavy atom. The van der Waals surface area contributed by atoms with E-state index in [4.69, 9.17) is 5.26 Å². The molecule has 0 aromatic carbocycles. The summed E-state index contributed by atoms with van der Waals surface area (Å²) in [6.45, 7) is 5.34. The van der Waals surface area contributed by atoms with E-state index in [0.717, 1.165) is 0 Å². The standard InChI is InChI=1S/C9H15N3O2/c1-9(2,3)12-8(14)6(5-10)7(13)11-4/h6H,1-4H3,(H,11,13)(H,12,14)/t6-/m1/s1. The minimum Gasteiger partial charge on any atom is -0.358 e. The van der Waals surface area contributed by atoms with Crippen molar-refractivity contribution in [1.82, 2.24) is 10.6 Å². The van der Waals surface area contributed by atoms with Crippen LogP contribution < -0.4 is 10.6 Å². The van der Waals surface area contributed by atoms with E-state index < -0.39 is 23.3 Å². The van der Waals surface area contributed by atoms with Gasteiger partial charge >= 0.3 is 0 Å². The minimum absolute atomic E-state index is 0.444. The van der Waals surface area contributed by atoms with Crippen LogP contribution in [0.4, 0.5) is 0 Å². The Hall–Kier alpha value is -1.57. The molecule has 0 spiro atoms. The molecule has 0 heterocycles. The molecule has 0 aliphatic heterocycles. The summed E-state index contributed by atoms with van der Waals surface area (Å²) in [6, 6.07) is 1.65. The molecule has 0 aliphatic carbocycles. The maximum Gasteiger partial charge on any atom is 0.247 e. The summed E-state index contributed by atoms with van der Waals surface area (Å²) in [5.74, 6) is -2.44. The van der Waals surface area contributed by atoms with Crippen molar-refractivity contribution >= 4 is 11.8 Å². The van der Waals surface area contributed by atoms with E-state index in [1.807, 2.05) is 0 Å². The molecule has 2 N–H and O–H groups in total. The van der Waals surface area contributed by atoms with Crippen LogP contribution in [0.2, 0.25) is 0 Å². The molecule has 5 nitrogen and oxygen atoms in total. The van der Waals surface area contributed by atoms with Crippen molar-refractivity contribution in [3.05, 3.63) is 0 Å². The highest BCUT2D eigenvalue weighted by Gasteiger charge is 2.28. The quantitative estimate of drug-likeness (QED) is 0.601. The van der Waals surface area contributed by atoms with Gasteiger partial charge in [0.05, 0.1) is 6.07 Å². The Morgan fingerprint density at radius 3 is 2.07 bits per heavy atom. The molecule has 0 fully saturated rings. The molecule has 0 unspecified atom stereocenters. The van der Waals surface area contributed by atoms with Gasteiger partial charge < -0.3 is 10.6 Å². The molecule has 0 saturated carbocycles. The van der Waals surface area contributed by atoms with Gasteiger partial charge in [-0.25, -0.2) is 0 Å². The lowest BCUT2D eigenvalue weighted by atomic mass is 10.1. The second-order valence-corrected chi connectivity index (χ2v) is 3.92. The minimum atomic E-state index is -1.28. The van der Waals surface area contributed by atoms with Crippen molar-refractivity contribution < 1.29 is 9.59 Å². The van der Waals surface area contributed by atoms with Crippen molar-refractivity contribution in [3.8, 4) is 6.07 Å². The molecular formula is C9H15N3O2. The van der Waals surface area contributed by atoms with E-state index in [-0.39, 0.29) is 0 Å². The highest BCUT2D eigenvalue weighted by molar-refractivity contribution is 6.02. The van der Waals surface area contributed by atoms with Gasteiger partial charge in [0.15, 0.2) is 0 Å². The summed E-state index contributed by atoms with van der Waals surface area (Å²) in [4.78, 5) is 22.5. The van der Waals surface area contributed by atoms with E-state index in [2.05, 4.69) is 10.6 Å². The Balaban J connectivity index is 4.51. The summed E-state index contributed by atoms with van der Waals surface area (Å²) in [7, 11) is 1.39. The van der Waals surface area contributed by atoms with Crippen molar-refractivity contribution in [2.45, 2.75) is 26.3 Å². The van der Waals surface area contributed by atoms with E-state index >= 15 is 0 Å². The molecule has 0 rings (SSSR count). The number of hydrogen-bond acceptors (Lipinski definition) is 3. The summed E-state index contributed by atoms with van der Waals surface area (Å²) in [5.41, 5.74) is -0.444. The first-order valence-corrected chi connectivity index (χ1v) is 4.25. The first-order chi connectivity index (χ1) is 6.31. The Morgan fingerprint density at radius 2 is 1.79 bits per heavy atom. The summed E-state index contributed by atoms with van der Waals surface area (Å²) in [6.07, 6.45) is 0. The predicted molar refractivity (Wildman–Crippen MR) is 51.1 cm³/mol. The van der Waals surface area contributed by atoms with Gasteiger partial charge in [-0.2, -0.15) is 5.26 Å². The van der Waals surface area contributed by atoms with Crippen molar-refractivity contribution in [2.75, 3.05) is 7.05 Å². The number of nitrogens with zero attached hydrogens (tertiary/aromatic N) is 1. The van der Waals surface area contributed by atoms with Gasteiger partial charge in [0.1, 0.15) is 0 Å². The summed E-state index contributed by atoms with van der Waals surface area (Å²) >= 11 is 0. The maximum atomic E-state index is 11.4. The fraction of sp³-hybridized carbons (Fsp3) is 0.667. The van der Waals surface area contributed by atoms with Crippen molar-refractivity contribution in [2.24, 2.45) is 5.92 Å². The number of nitriles is 1. The fourth-order valence-electron chi connectivity index (χ4n) is 0.822. The molecule has 0 aromatic rings. The molecule has 78 valence electrons. The highest BCUT2D eigenvalue weighted by atomic mass is 16.2. The van der Waals surface area contributed by atoms with Crippen LogP contribution in [-0.4, -0.2) is 24.4 Å². The highest BCUT2D eigenvalue weighted by Crippen LogP contribution is 2.02. The average Bonchev–Trinajstić information content (AvgIpc) is 2.01. The zero-order valence-corrected chi connectivity index (χ0v) is 8.84. The third-order valence-electron chi connectivity index (χ3n) is 1.40. The largest absolute Gasteiger partial charge is 0.358 e. The van der Waals surface area contributed by atoms with Crippen LogP contribution in [0.15, 0.2) is 0 Å². The monoisotopic (exact) mass is 197 g/mol. The predicted octanol–water partition coefficient (Wildman–Crippen LogP) is -0.213. The molecule has 0 radical (unpaired) electrons. The first kappa shape index (κ1) is 12.4. The van der Waals surface area contributed by atoms with Gasteiger partial charge in [0, 0.05) is 12.6 Å². The third-order valence-corrected chi connectivity index (χ3v) is 1.40. The molecule has 1 atom stereocenters. The summed E-state index contributed by atoms with van der Waals surface area (Å²) < 4.78 is 0. The topological polar surface area (TPSA) is 82.0 Å². The fourth-order valence-corrected chi connectivity index (χ4v) is 0.822. The molecule has 0 aliphatic rings. The molecular weight excluding hydrogens is 182 g/mol. The van der Waals surface area contributed by atoms with Crippen LogP contribution in [0, 0.1) is 17.2 Å². The molecule has 14 heavy (non-hydrogen) atoms. The normalized spacial score (nSPS) is 12.5. The first-order valence-electron chi connectivity index (χ1n) is 4.25. The lowest BCUT2D eigenvalue weighted by Gasteiger charge is -2.21. The van der Waals surface area contributed by atoms with Crippen molar-refractivity contribution in [1.29, 1.82) is 5.26 Å². The molecule has 0 aromatic heterocycles. The molecule has 2 amide bonds. The number of amides is 2. The number of hydrogen-bond donors (Lipinski definition) is 2. The number of carbonyl (C=O) groups excluding carboxylic acids is 2. The number of carbonyl (C=O) groups is 2. The Bertz CT molecular complexity index is 273. The van der Waals surface area contributed by atoms with Gasteiger partial charge in [-0.1, -0.05) is 0 Å². The SMILES string of the molecule is CNC(=O)[C@@H](C#N)C(=O)NC(C)(C)C. The molecule has 0 saturated heterocycles. The number of nitrogens with one attached hydrogen (secondary N) is 2. The lowest BCUT2D eigenvalue weighted by molar-refractivity contribution is -0.133. The van der Waals surface area contributed by atoms with Crippen LogP contribution in [0.1, 0.15) is 20.8 Å². The van der Waals surface area contributed by atoms with Gasteiger partial charge in [-0.15, -0.1) is 0 Å². The molecule has 5 heteroatoms. The van der Waals surface area contributed by atoms with E-state index in [9.17, 15) is 9.59 Å². The van der Waals surface area contributed by atoms with E-state index in [1.165, 1.54) is 7.05 Å². The lowest BCUT2D eigenvalue weighted by Crippen LogP contribution is -2.47. The van der Waals surface area contributed by atoms with Crippen LogP contribution in [-0.2, 0) is 9.59 Å². The van der Waals surface area contributed by atoms with Gasteiger partial charge in [0.25, 0.3) is 0 Å². The van der Waals surface area contributed by atoms with Crippen molar-refractivity contribution in [3.63, 3.8) is 0 Å². The smallest absolute Gasteiger partial charge is 0.247 e. The van der Waals surface area contributed by atoms with Gasteiger partial charge in [0.2, 0.25) is 17.7 Å². The third kappa shape index (κ3) is 3.90. The van der Waals surface area contributed by atoms with E-state index in [1.54, 1.807) is 26.8 Å². The van der Waals surface area contributed by atoms with Crippen LogP contribution in [0.25, 0.3) is 0 Å². The second-order valence-electron chi connectivity index (χ2n) is 3.92. The van der Waals surface area contributed by atoms with Crippen LogP contribution in [0.5, 0.6) is 0 Å². The van der Waals surface area contributed by atoms with Crippen LogP contribution >= 0.6 is 0 Å². The Kier molecular flexibility index (Phi) is 4.09. The second kappa shape index (κ2) is 4.61. The molecule has 0 bridgehead atoms. The summed E-state index contributed by atoms with van der Waals surface area (Å²) in [5, 5.41) is 13.4.